The smallest absolute Gasteiger partial charge is 0.166 e. The van der Waals surface area contributed by atoms with Crippen molar-refractivity contribution < 1.29 is 9.47 Å². The summed E-state index contributed by atoms with van der Waals surface area (Å²) in [5.74, 6) is 2.23. The van der Waals surface area contributed by atoms with Crippen LogP contribution in [0, 0.1) is 12.8 Å². The highest BCUT2D eigenvalue weighted by atomic mass is 16.5. The first-order valence-corrected chi connectivity index (χ1v) is 8.15. The van der Waals surface area contributed by atoms with E-state index < -0.39 is 0 Å². The average molecular weight is 313 g/mol. The van der Waals surface area contributed by atoms with Gasteiger partial charge in [-0.2, -0.15) is 0 Å². The third kappa shape index (κ3) is 5.00. The molecule has 0 saturated heterocycles. The summed E-state index contributed by atoms with van der Waals surface area (Å²) in [4.78, 5) is 0. The highest BCUT2D eigenvalue weighted by Crippen LogP contribution is 2.32. The number of methoxy groups -OCH3 is 1. The predicted molar refractivity (Wildman–Crippen MR) is 95.0 cm³/mol. The molecule has 0 atom stereocenters. The number of nitrogens with one attached hydrogen (secondary N) is 1. The van der Waals surface area contributed by atoms with Crippen LogP contribution in [0.2, 0.25) is 0 Å². The molecule has 0 spiro atoms. The third-order valence-corrected chi connectivity index (χ3v) is 3.78. The Morgan fingerprint density at radius 2 is 1.74 bits per heavy atom. The van der Waals surface area contributed by atoms with Crippen molar-refractivity contribution in [2.24, 2.45) is 5.92 Å². The lowest BCUT2D eigenvalue weighted by Gasteiger charge is -2.17. The lowest BCUT2D eigenvalue weighted by molar-refractivity contribution is 0.280. The molecular weight excluding hydrogens is 286 g/mol. The summed E-state index contributed by atoms with van der Waals surface area (Å²) in [6, 6.07) is 14.3. The summed E-state index contributed by atoms with van der Waals surface area (Å²) in [6.07, 6.45) is 0. The number of hydrogen-bond acceptors (Lipinski definition) is 3. The monoisotopic (exact) mass is 313 g/mol. The van der Waals surface area contributed by atoms with Gasteiger partial charge >= 0.3 is 0 Å². The maximum atomic E-state index is 6.12. The minimum absolute atomic E-state index is 0.546. The summed E-state index contributed by atoms with van der Waals surface area (Å²) in [6.45, 7) is 8.81. The van der Waals surface area contributed by atoms with E-state index in [1.54, 1.807) is 7.11 Å². The van der Waals surface area contributed by atoms with E-state index in [1.165, 1.54) is 11.1 Å². The van der Waals surface area contributed by atoms with Crippen LogP contribution in [0.1, 0.15) is 30.5 Å². The van der Waals surface area contributed by atoms with Gasteiger partial charge in [-0.05, 0) is 36.6 Å². The first-order valence-electron chi connectivity index (χ1n) is 8.15. The predicted octanol–water partition coefficient (Wildman–Crippen LogP) is 4.33. The van der Waals surface area contributed by atoms with Crippen molar-refractivity contribution in [3.63, 3.8) is 0 Å². The van der Waals surface area contributed by atoms with Crippen molar-refractivity contribution in [2.45, 2.75) is 33.9 Å². The maximum absolute atomic E-state index is 6.12. The third-order valence-electron chi connectivity index (χ3n) is 3.78. The zero-order valence-corrected chi connectivity index (χ0v) is 14.6. The van der Waals surface area contributed by atoms with Gasteiger partial charge in [0.1, 0.15) is 6.61 Å². The van der Waals surface area contributed by atoms with Crippen molar-refractivity contribution in [1.29, 1.82) is 0 Å². The van der Waals surface area contributed by atoms with Gasteiger partial charge in [-0.25, -0.2) is 0 Å². The summed E-state index contributed by atoms with van der Waals surface area (Å²) >= 11 is 0. The van der Waals surface area contributed by atoms with Crippen LogP contribution in [0.15, 0.2) is 42.5 Å². The quantitative estimate of drug-likeness (QED) is 0.787. The number of aryl methyl sites for hydroxylation is 1. The minimum atomic E-state index is 0.546. The molecule has 0 radical (unpaired) electrons. The van der Waals surface area contributed by atoms with Crippen molar-refractivity contribution in [2.75, 3.05) is 13.7 Å². The molecule has 0 aliphatic carbocycles. The molecule has 3 nitrogen and oxygen atoms in total. The fourth-order valence-corrected chi connectivity index (χ4v) is 2.44. The Morgan fingerprint density at radius 1 is 1.00 bits per heavy atom. The van der Waals surface area contributed by atoms with Crippen LogP contribution in [0.5, 0.6) is 11.5 Å². The molecule has 2 rings (SSSR count). The number of para-hydroxylation sites is 1. The Hall–Kier alpha value is -2.00. The van der Waals surface area contributed by atoms with E-state index in [0.717, 1.165) is 30.2 Å². The molecule has 2 aromatic carbocycles. The molecule has 0 amide bonds. The molecule has 2 aromatic rings. The van der Waals surface area contributed by atoms with E-state index in [-0.39, 0.29) is 0 Å². The first-order chi connectivity index (χ1) is 11.1. The second-order valence-corrected chi connectivity index (χ2v) is 6.19. The van der Waals surface area contributed by atoms with Crippen molar-refractivity contribution in [3.05, 3.63) is 59.2 Å². The SMILES string of the molecule is COc1cccc(CNCC(C)C)c1OCc1ccccc1C. The molecule has 0 bridgehead atoms. The molecule has 23 heavy (non-hydrogen) atoms. The van der Waals surface area contributed by atoms with E-state index in [0.29, 0.717) is 12.5 Å². The molecule has 0 heterocycles. The highest BCUT2D eigenvalue weighted by molar-refractivity contribution is 5.46. The van der Waals surface area contributed by atoms with Gasteiger partial charge in [-0.15, -0.1) is 0 Å². The number of ether oxygens (including phenoxy) is 2. The van der Waals surface area contributed by atoms with E-state index in [1.807, 2.05) is 24.3 Å². The van der Waals surface area contributed by atoms with Gasteiger partial charge in [-0.3, -0.25) is 0 Å². The molecule has 0 unspecified atom stereocenters. The van der Waals surface area contributed by atoms with Crippen molar-refractivity contribution in [1.82, 2.24) is 5.32 Å². The zero-order valence-electron chi connectivity index (χ0n) is 14.6. The van der Waals surface area contributed by atoms with Crippen LogP contribution in [0.4, 0.5) is 0 Å². The standard InChI is InChI=1S/C20H27NO2/c1-15(2)12-21-13-17-10-7-11-19(22-4)20(17)23-14-18-9-6-5-8-16(18)3/h5-11,15,21H,12-14H2,1-4H3. The van der Waals surface area contributed by atoms with Crippen LogP contribution < -0.4 is 14.8 Å². The van der Waals surface area contributed by atoms with Crippen LogP contribution in [-0.2, 0) is 13.2 Å². The lowest BCUT2D eigenvalue weighted by atomic mass is 10.1. The minimum Gasteiger partial charge on any atom is -0.493 e. The normalized spacial score (nSPS) is 10.8. The van der Waals surface area contributed by atoms with Gasteiger partial charge < -0.3 is 14.8 Å². The topological polar surface area (TPSA) is 30.5 Å². The van der Waals surface area contributed by atoms with Gasteiger partial charge in [0.2, 0.25) is 0 Å². The highest BCUT2D eigenvalue weighted by Gasteiger charge is 2.11. The largest absolute Gasteiger partial charge is 0.493 e. The zero-order chi connectivity index (χ0) is 16.7. The Bertz CT molecular complexity index is 623. The maximum Gasteiger partial charge on any atom is 0.166 e. The Balaban J connectivity index is 2.13. The molecule has 0 aliphatic rings. The van der Waals surface area contributed by atoms with Crippen LogP contribution in [-0.4, -0.2) is 13.7 Å². The molecule has 0 saturated carbocycles. The molecule has 3 heteroatoms. The summed E-state index contributed by atoms with van der Waals surface area (Å²) in [7, 11) is 1.68. The molecule has 0 fully saturated rings. The van der Waals surface area contributed by atoms with Gasteiger partial charge in [0, 0.05) is 12.1 Å². The Kier molecular flexibility index (Phi) is 6.48. The molecule has 124 valence electrons. The van der Waals surface area contributed by atoms with Gasteiger partial charge in [0.05, 0.1) is 7.11 Å². The van der Waals surface area contributed by atoms with Gasteiger partial charge in [0.15, 0.2) is 11.5 Å². The summed E-state index contributed by atoms with van der Waals surface area (Å²) < 4.78 is 11.6. The fraction of sp³-hybridized carbons (Fsp3) is 0.400. The fourth-order valence-electron chi connectivity index (χ4n) is 2.44. The van der Waals surface area contributed by atoms with Gasteiger partial charge in [0.25, 0.3) is 0 Å². The second-order valence-electron chi connectivity index (χ2n) is 6.19. The second kappa shape index (κ2) is 8.59. The summed E-state index contributed by atoms with van der Waals surface area (Å²) in [5, 5.41) is 3.47. The Labute approximate surface area is 139 Å². The van der Waals surface area contributed by atoms with Crippen molar-refractivity contribution in [3.8, 4) is 11.5 Å². The number of benzene rings is 2. The van der Waals surface area contributed by atoms with E-state index in [2.05, 4.69) is 44.3 Å². The van der Waals surface area contributed by atoms with Gasteiger partial charge in [-0.1, -0.05) is 50.2 Å². The molecular formula is C20H27NO2. The van der Waals surface area contributed by atoms with Crippen LogP contribution in [0.25, 0.3) is 0 Å². The molecule has 0 aromatic heterocycles. The Morgan fingerprint density at radius 3 is 2.43 bits per heavy atom. The van der Waals surface area contributed by atoms with E-state index in [4.69, 9.17) is 9.47 Å². The van der Waals surface area contributed by atoms with E-state index in [9.17, 15) is 0 Å². The average Bonchev–Trinajstić information content (AvgIpc) is 2.54. The van der Waals surface area contributed by atoms with Crippen LogP contribution in [0.3, 0.4) is 0 Å². The lowest BCUT2D eigenvalue weighted by Crippen LogP contribution is -2.19. The van der Waals surface area contributed by atoms with Crippen molar-refractivity contribution >= 4 is 0 Å². The number of hydrogen-bond donors (Lipinski definition) is 1. The first kappa shape index (κ1) is 17.4. The van der Waals surface area contributed by atoms with E-state index >= 15 is 0 Å². The number of rotatable bonds is 8. The molecule has 1 N–H and O–H groups in total. The van der Waals surface area contributed by atoms with Crippen LogP contribution >= 0.6 is 0 Å². The summed E-state index contributed by atoms with van der Waals surface area (Å²) in [5.41, 5.74) is 3.56. The molecule has 0 aliphatic heterocycles.